The first-order valence-corrected chi connectivity index (χ1v) is 16.3. The Hall–Kier alpha value is -2.95. The van der Waals surface area contributed by atoms with E-state index < -0.39 is 0 Å². The Morgan fingerprint density at radius 2 is 1.50 bits per heavy atom. The number of dihydropyridines is 1. The number of rotatable bonds is 19. The van der Waals surface area contributed by atoms with Crippen LogP contribution < -0.4 is 9.64 Å². The van der Waals surface area contributed by atoms with Crippen molar-refractivity contribution in [1.82, 2.24) is 0 Å². The molecule has 0 saturated carbocycles. The predicted molar refractivity (Wildman–Crippen MR) is 175 cm³/mol. The summed E-state index contributed by atoms with van der Waals surface area (Å²) in [5.74, 6) is -0.176. The lowest BCUT2D eigenvalue weighted by molar-refractivity contribution is -0.116. The molecular weight excluding hydrogens is 523 g/mol. The molecule has 1 unspecified atom stereocenters. The molecule has 2 aromatic carbocycles. The van der Waals surface area contributed by atoms with Crippen LogP contribution in [-0.4, -0.2) is 25.3 Å². The van der Waals surface area contributed by atoms with Crippen LogP contribution in [0.15, 0.2) is 59.1 Å². The molecule has 1 aliphatic heterocycles. The number of amides is 1. The number of benzene rings is 2. The van der Waals surface area contributed by atoms with Crippen molar-refractivity contribution in [2.75, 3.05) is 18.1 Å². The normalized spacial score (nSPS) is 16.4. The van der Waals surface area contributed by atoms with E-state index >= 15 is 0 Å². The Kier molecular flexibility index (Phi) is 14.3. The van der Waals surface area contributed by atoms with E-state index in [4.69, 9.17) is 4.74 Å². The molecule has 0 aromatic heterocycles. The molecule has 0 radical (unpaired) electrons. The molecule has 42 heavy (non-hydrogen) atoms. The summed E-state index contributed by atoms with van der Waals surface area (Å²) in [6.07, 6.45) is 20.3. The first-order valence-electron chi connectivity index (χ1n) is 16.3. The lowest BCUT2D eigenvalue weighted by Crippen LogP contribution is -2.28. The zero-order valence-electron chi connectivity index (χ0n) is 26.6. The van der Waals surface area contributed by atoms with Crippen LogP contribution in [0.5, 0.6) is 5.75 Å². The third-order valence-electron chi connectivity index (χ3n) is 8.64. The van der Waals surface area contributed by atoms with Gasteiger partial charge in [0.05, 0.1) is 13.2 Å². The maximum atomic E-state index is 14.9. The van der Waals surface area contributed by atoms with Gasteiger partial charge in [0.25, 0.3) is 0 Å². The van der Waals surface area contributed by atoms with Crippen molar-refractivity contribution in [2.24, 2.45) is 10.4 Å². The first-order chi connectivity index (χ1) is 20.3. The van der Waals surface area contributed by atoms with E-state index in [1.165, 1.54) is 81.4 Å². The zero-order chi connectivity index (χ0) is 30.2. The van der Waals surface area contributed by atoms with Crippen LogP contribution in [0.25, 0.3) is 0 Å². The van der Waals surface area contributed by atoms with E-state index in [9.17, 15) is 9.18 Å². The highest BCUT2D eigenvalue weighted by atomic mass is 19.1. The summed E-state index contributed by atoms with van der Waals surface area (Å²) < 4.78 is 20.6. The van der Waals surface area contributed by atoms with Gasteiger partial charge in [-0.2, -0.15) is 0 Å². The average Bonchev–Trinajstić information content (AvgIpc) is 2.97. The summed E-state index contributed by atoms with van der Waals surface area (Å²) in [5.41, 5.74) is 4.08. The Labute approximate surface area is 254 Å². The third-order valence-corrected chi connectivity index (χ3v) is 8.64. The third kappa shape index (κ3) is 11.0. The maximum Gasteiger partial charge on any atom is 0.224 e. The number of hydrogen-bond donors (Lipinski definition) is 0. The molecule has 0 bridgehead atoms. The minimum absolute atomic E-state index is 0.00478. The van der Waals surface area contributed by atoms with E-state index in [-0.39, 0.29) is 22.9 Å². The number of anilines is 1. The molecule has 1 amide bonds. The number of carbonyl (C=O) groups is 1. The lowest BCUT2D eigenvalue weighted by Gasteiger charge is -2.31. The molecule has 0 saturated heterocycles. The second-order valence-electron chi connectivity index (χ2n) is 12.4. The molecule has 2 aromatic rings. The molecule has 0 aliphatic carbocycles. The Morgan fingerprint density at radius 1 is 0.905 bits per heavy atom. The van der Waals surface area contributed by atoms with Gasteiger partial charge in [0.2, 0.25) is 5.91 Å². The van der Waals surface area contributed by atoms with Crippen LogP contribution in [0.2, 0.25) is 0 Å². The summed E-state index contributed by atoms with van der Waals surface area (Å²) in [4.78, 5) is 18.7. The van der Waals surface area contributed by atoms with Crippen LogP contribution in [0.3, 0.4) is 0 Å². The number of carbonyl (C=O) groups excluding carboxylic acids is 1. The van der Waals surface area contributed by atoms with Crippen molar-refractivity contribution in [3.05, 3.63) is 71.1 Å². The largest absolute Gasteiger partial charge is 0.491 e. The molecule has 1 aliphatic rings. The van der Waals surface area contributed by atoms with Crippen LogP contribution in [0.1, 0.15) is 116 Å². The van der Waals surface area contributed by atoms with Crippen molar-refractivity contribution >= 4 is 17.8 Å². The van der Waals surface area contributed by atoms with Gasteiger partial charge < -0.3 is 9.64 Å². The number of ether oxygens (including phenoxy) is 1. The number of aliphatic imine (C=N–C) groups is 1. The number of halogens is 1. The Balaban J connectivity index is 1.40. The molecule has 4 nitrogen and oxygen atoms in total. The highest BCUT2D eigenvalue weighted by Crippen LogP contribution is 2.33. The molecule has 1 heterocycles. The van der Waals surface area contributed by atoms with Gasteiger partial charge in [-0.05, 0) is 61.2 Å². The van der Waals surface area contributed by atoms with Gasteiger partial charge >= 0.3 is 0 Å². The van der Waals surface area contributed by atoms with Crippen molar-refractivity contribution in [3.63, 3.8) is 0 Å². The van der Waals surface area contributed by atoms with Gasteiger partial charge in [-0.1, -0.05) is 108 Å². The smallest absolute Gasteiger partial charge is 0.224 e. The number of hydrogen-bond acceptors (Lipinski definition) is 3. The summed E-state index contributed by atoms with van der Waals surface area (Å²) in [5, 5.41) is 0. The minimum Gasteiger partial charge on any atom is -0.491 e. The summed E-state index contributed by atoms with van der Waals surface area (Å²) in [6.45, 7) is 9.82. The van der Waals surface area contributed by atoms with Gasteiger partial charge in [0.1, 0.15) is 0 Å². The first kappa shape index (κ1) is 33.6. The van der Waals surface area contributed by atoms with Crippen molar-refractivity contribution in [2.45, 2.75) is 118 Å². The summed E-state index contributed by atoms with van der Waals surface area (Å²) >= 11 is 0. The number of nitrogens with zero attached hydrogens (tertiary/aromatic N) is 2. The van der Waals surface area contributed by atoms with Crippen molar-refractivity contribution in [3.8, 4) is 5.75 Å². The molecule has 3 rings (SSSR count). The Bertz CT molecular complexity index is 1160. The lowest BCUT2D eigenvalue weighted by atomic mass is 9.76. The van der Waals surface area contributed by atoms with Gasteiger partial charge in [0.15, 0.2) is 11.6 Å². The Morgan fingerprint density at radius 3 is 2.07 bits per heavy atom. The van der Waals surface area contributed by atoms with Gasteiger partial charge in [-0.3, -0.25) is 9.79 Å². The SMILES string of the molecule is CCCCCCCCCCCCCCOc1ccc(CN(C(C)=O)c2ccc(CC3(C)CN=CC=C3C)cc2)cc1F. The standard InChI is InChI=1S/C37H53FN2O2/c1-5-6-7-8-9-10-11-12-13-14-15-16-25-42-36-22-19-33(26-35(36)38)28-40(31(3)41)34-20-17-32(18-21-34)27-37(4)29-39-24-23-30(37)2/h17-24,26H,5-16,25,27-29H2,1-4H3. The van der Waals surface area contributed by atoms with E-state index in [0.717, 1.165) is 37.1 Å². The molecule has 1 atom stereocenters. The summed E-state index contributed by atoms with van der Waals surface area (Å²) in [7, 11) is 0. The fourth-order valence-electron chi connectivity index (χ4n) is 5.64. The second-order valence-corrected chi connectivity index (χ2v) is 12.4. The monoisotopic (exact) mass is 576 g/mol. The second kappa shape index (κ2) is 17.9. The van der Waals surface area contributed by atoms with Gasteiger partial charge in [-0.15, -0.1) is 0 Å². The molecule has 0 spiro atoms. The fraction of sp³-hybridized carbons (Fsp3) is 0.568. The maximum absolute atomic E-state index is 14.9. The van der Waals surface area contributed by atoms with Gasteiger partial charge in [0, 0.05) is 30.8 Å². The molecule has 0 N–H and O–H groups in total. The minimum atomic E-state index is -0.378. The van der Waals surface area contributed by atoms with E-state index in [1.807, 2.05) is 24.4 Å². The van der Waals surface area contributed by atoms with Crippen molar-refractivity contribution in [1.29, 1.82) is 0 Å². The molecule has 5 heteroatoms. The molecular formula is C37H53FN2O2. The quantitative estimate of drug-likeness (QED) is 0.156. The molecule has 230 valence electrons. The van der Waals surface area contributed by atoms with E-state index in [1.54, 1.807) is 17.9 Å². The summed E-state index contributed by atoms with van der Waals surface area (Å²) in [6, 6.07) is 13.1. The highest BCUT2D eigenvalue weighted by molar-refractivity contribution is 5.91. The van der Waals surface area contributed by atoms with E-state index in [2.05, 4.69) is 44.0 Å². The topological polar surface area (TPSA) is 41.9 Å². The van der Waals surface area contributed by atoms with E-state index in [0.29, 0.717) is 13.2 Å². The van der Waals surface area contributed by atoms with Crippen LogP contribution in [0.4, 0.5) is 10.1 Å². The number of unbranched alkanes of at least 4 members (excludes halogenated alkanes) is 11. The fourth-order valence-corrected chi connectivity index (χ4v) is 5.64. The van der Waals surface area contributed by atoms with Crippen molar-refractivity contribution < 1.29 is 13.9 Å². The average molecular weight is 577 g/mol. The number of allylic oxidation sites excluding steroid dienone is 1. The predicted octanol–water partition coefficient (Wildman–Crippen LogP) is 10.0. The van der Waals surface area contributed by atoms with Gasteiger partial charge in [-0.25, -0.2) is 4.39 Å². The van der Waals surface area contributed by atoms with Crippen LogP contribution in [-0.2, 0) is 17.8 Å². The zero-order valence-corrected chi connectivity index (χ0v) is 26.6. The molecule has 0 fully saturated rings. The van der Waals surface area contributed by atoms with Crippen LogP contribution >= 0.6 is 0 Å². The highest BCUT2D eigenvalue weighted by Gasteiger charge is 2.28. The van der Waals surface area contributed by atoms with Crippen LogP contribution in [0, 0.1) is 11.2 Å².